The van der Waals surface area contributed by atoms with Gasteiger partial charge in [0.05, 0.1) is 22.7 Å². The molecule has 3 aromatic rings. The van der Waals surface area contributed by atoms with Crippen LogP contribution in [0.25, 0.3) is 22.4 Å². The summed E-state index contributed by atoms with van der Waals surface area (Å²) in [7, 11) is 0. The molecular weight excluding hydrogens is 417 g/mol. The molecule has 0 fully saturated rings. The Hall–Kier alpha value is -1.39. The molecule has 0 atom stereocenters. The van der Waals surface area contributed by atoms with E-state index in [9.17, 15) is 0 Å². The Labute approximate surface area is 131 Å². The summed E-state index contributed by atoms with van der Waals surface area (Å²) in [5.41, 5.74) is 3.38. The molecule has 0 saturated heterocycles. The number of nitriles is 1. The number of H-pyrrole nitrogens is 1. The van der Waals surface area contributed by atoms with Crippen LogP contribution in [-0.4, -0.2) is 9.97 Å². The van der Waals surface area contributed by atoms with Crippen molar-refractivity contribution in [1.82, 2.24) is 9.97 Å². The number of rotatable bonds is 1. The first kappa shape index (κ1) is 12.6. The Morgan fingerprint density at radius 1 is 1.21 bits per heavy atom. The van der Waals surface area contributed by atoms with Gasteiger partial charge in [0.1, 0.15) is 5.82 Å². The number of nitrogens with one attached hydrogen (secondary N) is 1. The molecule has 0 saturated carbocycles. The van der Waals surface area contributed by atoms with E-state index in [-0.39, 0.29) is 0 Å². The molecule has 5 heteroatoms. The Kier molecular flexibility index (Phi) is 3.29. The Balaban J connectivity index is 2.21. The van der Waals surface area contributed by atoms with Crippen LogP contribution in [0.2, 0.25) is 0 Å². The average Bonchev–Trinajstić information content (AvgIpc) is 2.83. The number of aromatic amines is 1. The molecule has 0 spiro atoms. The number of fused-ring (bicyclic) bond motifs is 1. The first-order valence-electron chi connectivity index (χ1n) is 5.52. The lowest BCUT2D eigenvalue weighted by Gasteiger charge is -2.01. The van der Waals surface area contributed by atoms with E-state index in [4.69, 9.17) is 5.26 Å². The third-order valence-electron chi connectivity index (χ3n) is 2.79. The fourth-order valence-electron chi connectivity index (χ4n) is 1.89. The molecule has 92 valence electrons. The van der Waals surface area contributed by atoms with E-state index in [2.05, 4.69) is 60.6 Å². The maximum atomic E-state index is 8.91. The molecule has 3 rings (SSSR count). The predicted molar refractivity (Wildman–Crippen MR) is 86.7 cm³/mol. The van der Waals surface area contributed by atoms with Crippen molar-refractivity contribution >= 4 is 49.6 Å². The van der Waals surface area contributed by atoms with Crippen molar-refractivity contribution in [1.29, 1.82) is 5.26 Å². The van der Waals surface area contributed by atoms with Crippen molar-refractivity contribution in [2.24, 2.45) is 0 Å². The zero-order valence-electron chi connectivity index (χ0n) is 9.61. The van der Waals surface area contributed by atoms with Gasteiger partial charge in [-0.05, 0) is 59.0 Å². The highest BCUT2D eigenvalue weighted by atomic mass is 127. The Morgan fingerprint density at radius 2 is 2.05 bits per heavy atom. The normalized spacial score (nSPS) is 10.6. The van der Waals surface area contributed by atoms with Crippen LogP contribution in [0.15, 0.2) is 40.9 Å². The smallest absolute Gasteiger partial charge is 0.139 e. The molecule has 0 aliphatic heterocycles. The molecule has 0 bridgehead atoms. The fourth-order valence-corrected chi connectivity index (χ4v) is 2.81. The minimum atomic E-state index is 0.629. The minimum absolute atomic E-state index is 0.629. The fraction of sp³-hybridized carbons (Fsp3) is 0. The summed E-state index contributed by atoms with van der Waals surface area (Å²) in [4.78, 5) is 7.82. The van der Waals surface area contributed by atoms with E-state index in [1.807, 2.05) is 24.3 Å². The number of halogens is 2. The largest absolute Gasteiger partial charge is 0.338 e. The molecule has 2 aromatic carbocycles. The molecule has 19 heavy (non-hydrogen) atoms. The highest BCUT2D eigenvalue weighted by Gasteiger charge is 2.09. The van der Waals surface area contributed by atoms with Crippen LogP contribution in [0.3, 0.4) is 0 Å². The van der Waals surface area contributed by atoms with Gasteiger partial charge in [0, 0.05) is 13.6 Å². The topological polar surface area (TPSA) is 52.5 Å². The lowest BCUT2D eigenvalue weighted by Crippen LogP contribution is -1.83. The summed E-state index contributed by atoms with van der Waals surface area (Å²) < 4.78 is 2.14. The molecule has 1 heterocycles. The van der Waals surface area contributed by atoms with Crippen molar-refractivity contribution in [3.8, 4) is 17.5 Å². The molecule has 0 aliphatic rings. The van der Waals surface area contributed by atoms with Crippen molar-refractivity contribution in [2.45, 2.75) is 0 Å². The van der Waals surface area contributed by atoms with Crippen LogP contribution in [0, 0.1) is 14.9 Å². The molecule has 3 nitrogen and oxygen atoms in total. The van der Waals surface area contributed by atoms with Crippen LogP contribution in [-0.2, 0) is 0 Å². The summed E-state index contributed by atoms with van der Waals surface area (Å²) in [6.07, 6.45) is 0. The van der Waals surface area contributed by atoms with Gasteiger partial charge in [0.25, 0.3) is 0 Å². The maximum absolute atomic E-state index is 8.91. The number of benzene rings is 2. The second-order valence-corrected chi connectivity index (χ2v) is 6.15. The predicted octanol–water partition coefficient (Wildman–Crippen LogP) is 4.47. The monoisotopic (exact) mass is 423 g/mol. The van der Waals surface area contributed by atoms with Gasteiger partial charge in [0.15, 0.2) is 0 Å². The van der Waals surface area contributed by atoms with Gasteiger partial charge in [-0.3, -0.25) is 0 Å². The van der Waals surface area contributed by atoms with Crippen molar-refractivity contribution in [3.63, 3.8) is 0 Å². The zero-order chi connectivity index (χ0) is 13.4. The van der Waals surface area contributed by atoms with Crippen LogP contribution >= 0.6 is 38.5 Å². The summed E-state index contributed by atoms with van der Waals surface area (Å²) >= 11 is 5.81. The molecule has 1 N–H and O–H groups in total. The highest BCUT2D eigenvalue weighted by Crippen LogP contribution is 2.29. The van der Waals surface area contributed by atoms with Crippen LogP contribution in [0.5, 0.6) is 0 Å². The van der Waals surface area contributed by atoms with E-state index in [1.165, 1.54) is 0 Å². The summed E-state index contributed by atoms with van der Waals surface area (Å²) in [6.45, 7) is 0. The van der Waals surface area contributed by atoms with Crippen molar-refractivity contribution in [3.05, 3.63) is 50.0 Å². The van der Waals surface area contributed by atoms with Gasteiger partial charge in [-0.25, -0.2) is 4.98 Å². The average molecular weight is 424 g/mol. The first-order chi connectivity index (χ1) is 9.17. The molecule has 1 aromatic heterocycles. The highest BCUT2D eigenvalue weighted by molar-refractivity contribution is 14.1. The van der Waals surface area contributed by atoms with E-state index in [0.717, 1.165) is 30.5 Å². The maximum Gasteiger partial charge on any atom is 0.139 e. The third kappa shape index (κ3) is 2.38. The zero-order valence-corrected chi connectivity index (χ0v) is 13.4. The summed E-state index contributed by atoms with van der Waals surface area (Å²) in [5, 5.41) is 8.91. The van der Waals surface area contributed by atoms with Gasteiger partial charge in [-0.2, -0.15) is 5.26 Å². The van der Waals surface area contributed by atoms with Crippen molar-refractivity contribution in [2.75, 3.05) is 0 Å². The number of aromatic nitrogens is 2. The van der Waals surface area contributed by atoms with E-state index < -0.39 is 0 Å². The summed E-state index contributed by atoms with van der Waals surface area (Å²) in [6, 6.07) is 13.7. The summed E-state index contributed by atoms with van der Waals surface area (Å²) in [5.74, 6) is 0.801. The number of imidazole rings is 1. The van der Waals surface area contributed by atoms with E-state index in [1.54, 1.807) is 6.07 Å². The van der Waals surface area contributed by atoms with E-state index in [0.29, 0.717) is 5.56 Å². The second-order valence-electron chi connectivity index (χ2n) is 4.05. The van der Waals surface area contributed by atoms with Gasteiger partial charge >= 0.3 is 0 Å². The number of nitrogens with zero attached hydrogens (tertiary/aromatic N) is 2. The third-order valence-corrected chi connectivity index (χ3v) is 4.16. The van der Waals surface area contributed by atoms with Crippen LogP contribution in [0.4, 0.5) is 0 Å². The lowest BCUT2D eigenvalue weighted by atomic mass is 10.2. The quantitative estimate of drug-likeness (QED) is 0.587. The van der Waals surface area contributed by atoms with Crippen molar-refractivity contribution < 1.29 is 0 Å². The van der Waals surface area contributed by atoms with Crippen LogP contribution < -0.4 is 0 Å². The lowest BCUT2D eigenvalue weighted by molar-refractivity contribution is 1.32. The molecular formula is C14H7BrIN3. The van der Waals surface area contributed by atoms with Crippen LogP contribution in [0.1, 0.15) is 5.56 Å². The molecule has 0 unspecified atom stereocenters. The first-order valence-corrected chi connectivity index (χ1v) is 7.40. The number of hydrogen-bond acceptors (Lipinski definition) is 2. The number of hydrogen-bond donors (Lipinski definition) is 1. The van der Waals surface area contributed by atoms with E-state index >= 15 is 0 Å². The molecule has 0 amide bonds. The molecule has 0 radical (unpaired) electrons. The molecule has 0 aliphatic carbocycles. The van der Waals surface area contributed by atoms with Gasteiger partial charge in [-0.15, -0.1) is 0 Å². The minimum Gasteiger partial charge on any atom is -0.338 e. The van der Waals surface area contributed by atoms with Gasteiger partial charge in [0.2, 0.25) is 0 Å². The Bertz CT molecular complexity index is 817. The SMILES string of the molecule is N#Cc1ccc2nc(-c3cc(I)ccc3Br)[nH]c2c1. The standard InChI is InChI=1S/C14H7BrIN3/c15-11-3-2-9(16)6-10(11)14-18-12-4-1-8(7-17)5-13(12)19-14/h1-6H,(H,18,19). The Morgan fingerprint density at radius 3 is 2.84 bits per heavy atom. The van der Waals surface area contributed by atoms with Gasteiger partial charge in [-0.1, -0.05) is 15.9 Å². The second kappa shape index (κ2) is 4.94. The van der Waals surface area contributed by atoms with Gasteiger partial charge < -0.3 is 4.98 Å².